The summed E-state index contributed by atoms with van der Waals surface area (Å²) in [5, 5.41) is 9.83. The Kier molecular flexibility index (Phi) is 4.92. The van der Waals surface area contributed by atoms with Gasteiger partial charge in [-0.2, -0.15) is 11.8 Å². The Morgan fingerprint density at radius 2 is 2.10 bits per heavy atom. The van der Waals surface area contributed by atoms with Crippen LogP contribution in [0.3, 0.4) is 0 Å². The molecule has 1 aromatic carbocycles. The Balaban J connectivity index is 2.53. The number of rotatable bonds is 6. The number of benzene rings is 1. The molecule has 0 saturated carbocycles. The third-order valence-electron chi connectivity index (χ3n) is 2.98. The van der Waals surface area contributed by atoms with Gasteiger partial charge in [0.05, 0.1) is 0 Å². The summed E-state index contributed by atoms with van der Waals surface area (Å²) in [6, 6.07) is 6.80. The number of hydrogen-bond donors (Lipinski definition) is 2. The van der Waals surface area contributed by atoms with Crippen molar-refractivity contribution < 1.29 is 18.3 Å². The van der Waals surface area contributed by atoms with Crippen LogP contribution >= 0.6 is 23.1 Å². The zero-order valence-electron chi connectivity index (χ0n) is 11.5. The van der Waals surface area contributed by atoms with E-state index in [4.69, 9.17) is 0 Å². The van der Waals surface area contributed by atoms with Crippen molar-refractivity contribution in [2.45, 2.75) is 17.1 Å². The van der Waals surface area contributed by atoms with E-state index in [0.717, 1.165) is 11.3 Å². The van der Waals surface area contributed by atoms with E-state index in [2.05, 4.69) is 4.72 Å². The largest absolute Gasteiger partial charge is 0.477 e. The normalized spacial score (nSPS) is 13.4. The van der Waals surface area contributed by atoms with Crippen molar-refractivity contribution in [1.82, 2.24) is 4.72 Å². The van der Waals surface area contributed by atoms with E-state index in [9.17, 15) is 18.3 Å². The molecular weight excluding hydrogens is 330 g/mol. The maximum atomic E-state index is 12.5. The summed E-state index contributed by atoms with van der Waals surface area (Å²) in [5.74, 6) is -1.23. The molecule has 0 radical (unpaired) electrons. The maximum Gasteiger partial charge on any atom is 0.347 e. The Morgan fingerprint density at radius 1 is 1.43 bits per heavy atom. The van der Waals surface area contributed by atoms with Crippen LogP contribution in [0.25, 0.3) is 10.1 Å². The smallest absolute Gasteiger partial charge is 0.347 e. The minimum absolute atomic E-state index is 0.109. The molecule has 0 fully saturated rings. The first-order valence-electron chi connectivity index (χ1n) is 6.14. The molecule has 8 heteroatoms. The zero-order valence-corrected chi connectivity index (χ0v) is 13.9. The summed E-state index contributed by atoms with van der Waals surface area (Å²) in [4.78, 5) is 11.1. The van der Waals surface area contributed by atoms with Gasteiger partial charge in [0.2, 0.25) is 10.0 Å². The summed E-state index contributed by atoms with van der Waals surface area (Å²) >= 11 is 2.51. The first kappa shape index (κ1) is 16.3. The molecule has 114 valence electrons. The lowest BCUT2D eigenvalue weighted by atomic mass is 10.2. The maximum absolute atomic E-state index is 12.5. The van der Waals surface area contributed by atoms with Gasteiger partial charge >= 0.3 is 5.97 Å². The molecule has 0 spiro atoms. The minimum Gasteiger partial charge on any atom is -0.477 e. The van der Waals surface area contributed by atoms with Crippen molar-refractivity contribution in [1.29, 1.82) is 0 Å². The summed E-state index contributed by atoms with van der Waals surface area (Å²) in [7, 11) is -3.86. The summed E-state index contributed by atoms with van der Waals surface area (Å²) in [6.45, 7) is 2.16. The van der Waals surface area contributed by atoms with E-state index >= 15 is 0 Å². The summed E-state index contributed by atoms with van der Waals surface area (Å²) in [5.41, 5.74) is 0. The van der Waals surface area contributed by atoms with Gasteiger partial charge in [-0.3, -0.25) is 0 Å². The van der Waals surface area contributed by atoms with Crippen LogP contribution in [0.4, 0.5) is 0 Å². The number of thiophene rings is 1. The highest BCUT2D eigenvalue weighted by molar-refractivity contribution is 7.99. The Hall–Kier alpha value is -1.09. The number of fused-ring (bicyclic) bond motifs is 1. The zero-order chi connectivity index (χ0) is 15.6. The molecule has 2 aromatic rings. The molecule has 1 atom stereocenters. The first-order valence-corrected chi connectivity index (χ1v) is 9.73. The molecule has 0 bridgehead atoms. The molecular formula is C13H15NO4S3. The van der Waals surface area contributed by atoms with Crippen molar-refractivity contribution in [2.24, 2.45) is 0 Å². The van der Waals surface area contributed by atoms with Crippen LogP contribution in [0.15, 0.2) is 29.2 Å². The summed E-state index contributed by atoms with van der Waals surface area (Å²) < 4.78 is 28.1. The number of carboxylic acid groups (broad SMARTS) is 1. The van der Waals surface area contributed by atoms with E-state index in [1.807, 2.05) is 13.2 Å². The SMILES string of the molecule is CSC(C)CNS(=O)(=O)c1c(C(=O)O)sc2ccccc12. The molecule has 1 heterocycles. The van der Waals surface area contributed by atoms with E-state index in [0.29, 0.717) is 10.1 Å². The van der Waals surface area contributed by atoms with E-state index < -0.39 is 16.0 Å². The predicted octanol–water partition coefficient (Wildman–Crippen LogP) is 2.63. The lowest BCUT2D eigenvalue weighted by molar-refractivity contribution is 0.0698. The van der Waals surface area contributed by atoms with E-state index in [1.165, 1.54) is 11.8 Å². The highest BCUT2D eigenvalue weighted by Crippen LogP contribution is 2.34. The van der Waals surface area contributed by atoms with Crippen LogP contribution in [0.1, 0.15) is 16.6 Å². The number of carbonyl (C=O) groups is 1. The average molecular weight is 345 g/mol. The van der Waals surface area contributed by atoms with Crippen LogP contribution in [0.5, 0.6) is 0 Å². The number of nitrogens with one attached hydrogen (secondary N) is 1. The quantitative estimate of drug-likeness (QED) is 0.841. The number of sulfonamides is 1. The molecule has 0 saturated heterocycles. The second-order valence-electron chi connectivity index (χ2n) is 4.46. The van der Waals surface area contributed by atoms with Gasteiger partial charge in [0.1, 0.15) is 9.77 Å². The molecule has 0 aliphatic carbocycles. The molecule has 21 heavy (non-hydrogen) atoms. The van der Waals surface area contributed by atoms with Crippen LogP contribution in [0.2, 0.25) is 0 Å². The van der Waals surface area contributed by atoms with Crippen LogP contribution in [-0.4, -0.2) is 37.5 Å². The lowest BCUT2D eigenvalue weighted by Gasteiger charge is -2.10. The van der Waals surface area contributed by atoms with Crippen LogP contribution < -0.4 is 4.72 Å². The monoisotopic (exact) mass is 345 g/mol. The van der Waals surface area contributed by atoms with Crippen LogP contribution in [-0.2, 0) is 10.0 Å². The number of hydrogen-bond acceptors (Lipinski definition) is 5. The molecule has 0 aliphatic rings. The van der Waals surface area contributed by atoms with Gasteiger partial charge in [-0.05, 0) is 12.3 Å². The van der Waals surface area contributed by atoms with Gasteiger partial charge in [0.15, 0.2) is 0 Å². The molecule has 0 aliphatic heterocycles. The molecule has 0 amide bonds. The molecule has 2 N–H and O–H groups in total. The predicted molar refractivity (Wildman–Crippen MR) is 86.9 cm³/mol. The van der Waals surface area contributed by atoms with E-state index in [-0.39, 0.29) is 21.6 Å². The Morgan fingerprint density at radius 3 is 2.71 bits per heavy atom. The van der Waals surface area contributed by atoms with Crippen molar-refractivity contribution in [3.05, 3.63) is 29.1 Å². The molecule has 1 aromatic heterocycles. The summed E-state index contributed by atoms with van der Waals surface area (Å²) in [6.07, 6.45) is 1.89. The fourth-order valence-electron chi connectivity index (χ4n) is 1.81. The topological polar surface area (TPSA) is 83.5 Å². The lowest BCUT2D eigenvalue weighted by Crippen LogP contribution is -2.30. The number of aromatic carboxylic acids is 1. The third-order valence-corrected chi connectivity index (χ3v) is 6.74. The fraction of sp³-hybridized carbons (Fsp3) is 0.308. The Bertz CT molecular complexity index is 767. The molecule has 5 nitrogen and oxygen atoms in total. The highest BCUT2D eigenvalue weighted by atomic mass is 32.2. The minimum atomic E-state index is -3.86. The van der Waals surface area contributed by atoms with Gasteiger partial charge < -0.3 is 5.11 Å². The van der Waals surface area contributed by atoms with Crippen molar-refractivity contribution in [2.75, 3.05) is 12.8 Å². The van der Waals surface area contributed by atoms with Crippen LogP contribution in [0, 0.1) is 0 Å². The molecule has 2 rings (SSSR count). The molecule has 1 unspecified atom stereocenters. The van der Waals surface area contributed by atoms with Gasteiger partial charge in [0, 0.05) is 21.9 Å². The highest BCUT2D eigenvalue weighted by Gasteiger charge is 2.28. The number of carboxylic acids is 1. The van der Waals surface area contributed by atoms with Gasteiger partial charge in [-0.1, -0.05) is 25.1 Å². The Labute approximate surface area is 131 Å². The van der Waals surface area contributed by atoms with Gasteiger partial charge in [0.25, 0.3) is 0 Å². The fourth-order valence-corrected chi connectivity index (χ4v) is 5.04. The second kappa shape index (κ2) is 6.35. The third kappa shape index (κ3) is 3.39. The van der Waals surface area contributed by atoms with Crippen molar-refractivity contribution >= 4 is 49.2 Å². The second-order valence-corrected chi connectivity index (χ2v) is 8.49. The average Bonchev–Trinajstić information content (AvgIpc) is 2.85. The van der Waals surface area contributed by atoms with E-state index in [1.54, 1.807) is 24.3 Å². The van der Waals surface area contributed by atoms with Crippen molar-refractivity contribution in [3.8, 4) is 0 Å². The number of thioether (sulfide) groups is 1. The standard InChI is InChI=1S/C13H15NO4S3/c1-8(19-2)7-14-21(17,18)12-9-5-3-4-6-10(9)20-11(12)13(15)16/h3-6,8,14H,7H2,1-2H3,(H,15,16). The van der Waals surface area contributed by atoms with Gasteiger partial charge in [-0.25, -0.2) is 17.9 Å². The van der Waals surface area contributed by atoms with Gasteiger partial charge in [-0.15, -0.1) is 11.3 Å². The first-order chi connectivity index (χ1) is 9.86. The van der Waals surface area contributed by atoms with Crippen molar-refractivity contribution in [3.63, 3.8) is 0 Å².